The van der Waals surface area contributed by atoms with Gasteiger partial charge in [-0.2, -0.15) is 13.2 Å². The number of nitrogens with one attached hydrogen (secondary N) is 2. The summed E-state index contributed by atoms with van der Waals surface area (Å²) in [6, 6.07) is 1.84. The number of alkyl halides is 3. The average Bonchev–Trinajstić information content (AvgIpc) is 2.62. The molecule has 1 aliphatic rings. The first-order valence-corrected chi connectivity index (χ1v) is 9.96. The molecule has 0 aromatic heterocycles. The van der Waals surface area contributed by atoms with Gasteiger partial charge in [0.25, 0.3) is 5.91 Å². The number of carbonyl (C=O) groups excluding carboxylic acids is 1. The van der Waals surface area contributed by atoms with Crippen LogP contribution < -0.4 is 10.7 Å². The van der Waals surface area contributed by atoms with Gasteiger partial charge in [-0.25, -0.2) is 9.82 Å². The molecule has 10 heteroatoms. The summed E-state index contributed by atoms with van der Waals surface area (Å²) in [5.41, 5.74) is 1.20. The van der Waals surface area contributed by atoms with Crippen LogP contribution in [0.25, 0.3) is 0 Å². The highest BCUT2D eigenvalue weighted by molar-refractivity contribution is 5.94. The van der Waals surface area contributed by atoms with Crippen molar-refractivity contribution in [1.82, 2.24) is 20.8 Å². The molecule has 0 aliphatic carbocycles. The maximum Gasteiger partial charge on any atom is 0.416 e. The van der Waals surface area contributed by atoms with Crippen LogP contribution in [0, 0.1) is 11.7 Å². The van der Waals surface area contributed by atoms with Gasteiger partial charge >= 0.3 is 6.18 Å². The molecule has 0 saturated carbocycles. The highest BCUT2D eigenvalue weighted by atomic mass is 19.4. The van der Waals surface area contributed by atoms with E-state index in [9.17, 15) is 27.6 Å². The third-order valence-corrected chi connectivity index (χ3v) is 4.84. The van der Waals surface area contributed by atoms with E-state index in [4.69, 9.17) is 0 Å². The number of likely N-dealkylation sites (tertiary alicyclic amines) is 1. The Kier molecular flexibility index (Phi) is 8.20. The Morgan fingerprint density at radius 2 is 1.83 bits per heavy atom. The molecular weight excluding hydrogens is 404 g/mol. The molecule has 1 aromatic rings. The zero-order valence-corrected chi connectivity index (χ0v) is 17.5. The monoisotopic (exact) mass is 434 g/mol. The molecule has 1 heterocycles. The van der Waals surface area contributed by atoms with E-state index >= 15 is 0 Å². The fourth-order valence-electron chi connectivity index (χ4n) is 3.32. The smallest absolute Gasteiger partial charge is 0.352 e. The number of carbonyl (C=O) groups is 1. The summed E-state index contributed by atoms with van der Waals surface area (Å²) >= 11 is 0. The number of rotatable bonds is 7. The third kappa shape index (κ3) is 8.17. The fraction of sp³-hybridized carbons (Fsp3) is 0.650. The molecule has 30 heavy (non-hydrogen) atoms. The van der Waals surface area contributed by atoms with Gasteiger partial charge in [0.15, 0.2) is 0 Å². The van der Waals surface area contributed by atoms with Gasteiger partial charge in [0.1, 0.15) is 5.82 Å². The quantitative estimate of drug-likeness (QED) is 0.454. The molecule has 1 saturated heterocycles. The minimum absolute atomic E-state index is 0.193. The Morgan fingerprint density at radius 3 is 2.40 bits per heavy atom. The van der Waals surface area contributed by atoms with E-state index in [1.165, 1.54) is 0 Å². The lowest BCUT2D eigenvalue weighted by molar-refractivity contribution is -0.158. The second-order valence-corrected chi connectivity index (χ2v) is 8.71. The molecule has 1 amide bonds. The van der Waals surface area contributed by atoms with Crippen LogP contribution in [0.1, 0.15) is 49.5 Å². The number of hydrogen-bond donors (Lipinski definition) is 3. The summed E-state index contributed by atoms with van der Waals surface area (Å²) in [6.07, 6.45) is -3.08. The summed E-state index contributed by atoms with van der Waals surface area (Å²) in [5, 5.41) is 13.6. The molecule has 1 aromatic carbocycles. The van der Waals surface area contributed by atoms with E-state index in [-0.39, 0.29) is 17.0 Å². The molecule has 2 rings (SSSR count). The summed E-state index contributed by atoms with van der Waals surface area (Å²) in [6.45, 7) is 8.88. The predicted octanol–water partition coefficient (Wildman–Crippen LogP) is 3.28. The Balaban J connectivity index is 1.76. The molecule has 0 radical (unpaired) electrons. The zero-order chi connectivity index (χ0) is 22.5. The second kappa shape index (κ2) is 10.0. The fourth-order valence-corrected chi connectivity index (χ4v) is 3.32. The minimum atomic E-state index is -4.71. The predicted molar refractivity (Wildman–Crippen MR) is 104 cm³/mol. The first kappa shape index (κ1) is 24.5. The highest BCUT2D eigenvalue weighted by Crippen LogP contribution is 2.30. The van der Waals surface area contributed by atoms with Gasteiger partial charge in [0.05, 0.1) is 12.1 Å². The van der Waals surface area contributed by atoms with E-state index in [0.717, 1.165) is 37.2 Å². The molecule has 0 spiro atoms. The molecule has 1 fully saturated rings. The number of benzene rings is 1. The van der Waals surface area contributed by atoms with Crippen molar-refractivity contribution < 1.29 is 27.6 Å². The molecular formula is C20H30F4N4O2. The first-order chi connectivity index (χ1) is 13.8. The van der Waals surface area contributed by atoms with Crippen LogP contribution in [0.3, 0.4) is 0 Å². The molecule has 6 nitrogen and oxygen atoms in total. The van der Waals surface area contributed by atoms with Gasteiger partial charge in [0.2, 0.25) is 0 Å². The summed E-state index contributed by atoms with van der Waals surface area (Å²) < 4.78 is 51.8. The number of amides is 1. The van der Waals surface area contributed by atoms with Crippen molar-refractivity contribution in [2.75, 3.05) is 32.7 Å². The first-order valence-electron chi connectivity index (χ1n) is 9.96. The Morgan fingerprint density at radius 1 is 1.20 bits per heavy atom. The third-order valence-electron chi connectivity index (χ3n) is 4.84. The Labute approximate surface area is 174 Å². The van der Waals surface area contributed by atoms with Gasteiger partial charge < -0.3 is 10.2 Å². The van der Waals surface area contributed by atoms with E-state index < -0.39 is 23.5 Å². The van der Waals surface area contributed by atoms with Crippen molar-refractivity contribution in [1.29, 1.82) is 0 Å². The summed E-state index contributed by atoms with van der Waals surface area (Å²) in [5.74, 6) is -1.62. The zero-order valence-electron chi connectivity index (χ0n) is 17.5. The molecule has 0 bridgehead atoms. The van der Waals surface area contributed by atoms with Crippen molar-refractivity contribution in [3.63, 3.8) is 0 Å². The summed E-state index contributed by atoms with van der Waals surface area (Å²) in [4.78, 5) is 14.4. The van der Waals surface area contributed by atoms with Crippen LogP contribution in [0.4, 0.5) is 17.6 Å². The van der Waals surface area contributed by atoms with Crippen molar-refractivity contribution in [3.8, 4) is 0 Å². The standard InChI is InChI=1S/C20H30F4N4O2/c1-19(2,3)26-28(30)9-8-27-6-4-14(5-7-27)13-25-18(29)15-10-16(20(22,23)24)12-17(21)11-15/h10-12,14,26,30H,4-9,13H2,1-3H3,(H,25,29). The largest absolute Gasteiger partial charge is 0.416 e. The minimum Gasteiger partial charge on any atom is -0.352 e. The van der Waals surface area contributed by atoms with Crippen LogP contribution in [-0.4, -0.2) is 59.4 Å². The Hall–Kier alpha value is -1.75. The van der Waals surface area contributed by atoms with Crippen LogP contribution in [0.2, 0.25) is 0 Å². The number of piperidine rings is 1. The van der Waals surface area contributed by atoms with Gasteiger partial charge in [-0.1, -0.05) is 0 Å². The van der Waals surface area contributed by atoms with Crippen LogP contribution in [-0.2, 0) is 6.18 Å². The lowest BCUT2D eigenvalue weighted by Crippen LogP contribution is -2.50. The van der Waals surface area contributed by atoms with Crippen molar-refractivity contribution >= 4 is 5.91 Å². The maximum absolute atomic E-state index is 13.5. The van der Waals surface area contributed by atoms with E-state index in [1.807, 2.05) is 20.8 Å². The molecule has 0 atom stereocenters. The molecule has 0 unspecified atom stereocenters. The van der Waals surface area contributed by atoms with Crippen LogP contribution >= 0.6 is 0 Å². The van der Waals surface area contributed by atoms with Gasteiger partial charge in [-0.05, 0) is 70.8 Å². The van der Waals surface area contributed by atoms with Gasteiger partial charge in [-0.15, -0.1) is 5.17 Å². The average molecular weight is 434 g/mol. The van der Waals surface area contributed by atoms with Gasteiger partial charge in [0, 0.05) is 24.2 Å². The number of hydrogen-bond acceptors (Lipinski definition) is 5. The SMILES string of the molecule is CC(C)(C)NN(O)CCN1CCC(CNC(=O)c2cc(F)cc(C(F)(F)F)c2)CC1. The molecule has 170 valence electrons. The lowest BCUT2D eigenvalue weighted by Gasteiger charge is -2.33. The normalized spacial score (nSPS) is 16.8. The number of hydroxylamine groups is 1. The number of halogens is 4. The van der Waals surface area contributed by atoms with E-state index in [0.29, 0.717) is 31.8 Å². The van der Waals surface area contributed by atoms with Crippen molar-refractivity contribution in [2.45, 2.75) is 45.3 Å². The molecule has 3 N–H and O–H groups in total. The van der Waals surface area contributed by atoms with E-state index in [1.54, 1.807) is 0 Å². The van der Waals surface area contributed by atoms with Crippen LogP contribution in [0.5, 0.6) is 0 Å². The second-order valence-electron chi connectivity index (χ2n) is 8.71. The topological polar surface area (TPSA) is 67.8 Å². The Bertz CT molecular complexity index is 714. The highest BCUT2D eigenvalue weighted by Gasteiger charge is 2.32. The lowest BCUT2D eigenvalue weighted by atomic mass is 9.96. The summed E-state index contributed by atoms with van der Waals surface area (Å²) in [7, 11) is 0. The van der Waals surface area contributed by atoms with Crippen molar-refractivity contribution in [3.05, 3.63) is 35.1 Å². The maximum atomic E-state index is 13.5. The van der Waals surface area contributed by atoms with Gasteiger partial charge in [-0.3, -0.25) is 10.0 Å². The number of hydrazine groups is 1. The number of nitrogens with zero attached hydrogens (tertiary/aromatic N) is 2. The van der Waals surface area contributed by atoms with E-state index in [2.05, 4.69) is 15.6 Å². The molecule has 1 aliphatic heterocycles. The van der Waals surface area contributed by atoms with Crippen LogP contribution in [0.15, 0.2) is 18.2 Å². The van der Waals surface area contributed by atoms with Crippen molar-refractivity contribution in [2.24, 2.45) is 5.92 Å².